The molecule has 2 bridgehead atoms. The number of rotatable bonds is 0. The van der Waals surface area contributed by atoms with E-state index in [-0.39, 0.29) is 6.61 Å². The smallest absolute Gasteiger partial charge is 0.186 e. The number of ether oxygens (including phenoxy) is 2. The highest BCUT2D eigenvalue weighted by molar-refractivity contribution is 5.01. The number of aliphatic hydroxyl groups excluding tert-OH is 2. The molecule has 2 aliphatic rings. The lowest BCUT2D eigenvalue weighted by molar-refractivity contribution is -0.261. The summed E-state index contributed by atoms with van der Waals surface area (Å²) in [4.78, 5) is 0. The number of hydrogen-bond acceptors (Lipinski definition) is 5. The van der Waals surface area contributed by atoms with Crippen molar-refractivity contribution in [1.29, 1.82) is 0 Å². The topological polar surface area (TPSA) is 79.2 Å². The summed E-state index contributed by atoms with van der Waals surface area (Å²) in [5, 5.41) is 28.5. The van der Waals surface area contributed by atoms with Crippen LogP contribution in [0.4, 0.5) is 0 Å². The van der Waals surface area contributed by atoms with Gasteiger partial charge in [0, 0.05) is 0 Å². The van der Waals surface area contributed by atoms with Crippen molar-refractivity contribution in [3.8, 4) is 0 Å². The van der Waals surface area contributed by atoms with Crippen molar-refractivity contribution in [1.82, 2.24) is 0 Å². The maximum Gasteiger partial charge on any atom is 0.186 e. The fraction of sp³-hybridized carbons (Fsp3) is 1.00. The van der Waals surface area contributed by atoms with Gasteiger partial charge in [-0.3, -0.25) is 0 Å². The van der Waals surface area contributed by atoms with E-state index in [1.165, 1.54) is 6.92 Å². The average molecular weight is 176 g/mol. The molecule has 0 amide bonds. The second kappa shape index (κ2) is 2.40. The zero-order valence-corrected chi connectivity index (χ0v) is 6.67. The van der Waals surface area contributed by atoms with Crippen LogP contribution in [0.1, 0.15) is 6.92 Å². The van der Waals surface area contributed by atoms with Crippen molar-refractivity contribution < 1.29 is 24.8 Å². The van der Waals surface area contributed by atoms with Gasteiger partial charge in [-0.2, -0.15) is 0 Å². The van der Waals surface area contributed by atoms with Crippen LogP contribution in [0.15, 0.2) is 0 Å². The normalized spacial score (nSPS) is 59.0. The molecule has 0 unspecified atom stereocenters. The van der Waals surface area contributed by atoms with Crippen molar-refractivity contribution in [3.05, 3.63) is 0 Å². The second-order valence-electron chi connectivity index (χ2n) is 3.49. The first-order valence-electron chi connectivity index (χ1n) is 3.89. The van der Waals surface area contributed by atoms with Crippen LogP contribution >= 0.6 is 0 Å². The molecule has 5 heteroatoms. The minimum absolute atomic E-state index is 0.214. The quantitative estimate of drug-likeness (QED) is 0.406. The molecule has 2 aliphatic heterocycles. The molecule has 70 valence electrons. The molecule has 2 heterocycles. The predicted octanol–water partition coefficient (Wildman–Crippen LogP) is -1.79. The first-order valence-corrected chi connectivity index (χ1v) is 3.89. The molecule has 0 aromatic carbocycles. The summed E-state index contributed by atoms with van der Waals surface area (Å²) in [6.07, 6.45) is -3.70. The Morgan fingerprint density at radius 2 is 2.08 bits per heavy atom. The van der Waals surface area contributed by atoms with Gasteiger partial charge in [-0.1, -0.05) is 0 Å². The Labute approximate surface area is 69.5 Å². The van der Waals surface area contributed by atoms with Crippen LogP contribution in [0.5, 0.6) is 0 Å². The second-order valence-corrected chi connectivity index (χ2v) is 3.49. The lowest BCUT2D eigenvalue weighted by Gasteiger charge is -2.40. The minimum atomic E-state index is -1.42. The Morgan fingerprint density at radius 1 is 1.42 bits per heavy atom. The Kier molecular flexibility index (Phi) is 1.68. The molecule has 0 saturated carbocycles. The highest BCUT2D eigenvalue weighted by Gasteiger charge is 2.55. The van der Waals surface area contributed by atoms with Crippen LogP contribution in [-0.2, 0) is 9.47 Å². The van der Waals surface area contributed by atoms with Crippen LogP contribution in [0.25, 0.3) is 0 Å². The maximum atomic E-state index is 9.68. The van der Waals surface area contributed by atoms with Gasteiger partial charge in [0.1, 0.15) is 23.9 Å². The van der Waals surface area contributed by atoms with E-state index in [0.717, 1.165) is 0 Å². The van der Waals surface area contributed by atoms with E-state index in [1.807, 2.05) is 0 Å². The fourth-order valence-corrected chi connectivity index (χ4v) is 1.59. The third-order valence-corrected chi connectivity index (χ3v) is 2.56. The number of fused-ring (bicyclic) bond motifs is 2. The molecule has 2 fully saturated rings. The molecular weight excluding hydrogens is 164 g/mol. The Balaban J connectivity index is 2.26. The van der Waals surface area contributed by atoms with Gasteiger partial charge in [0.15, 0.2) is 6.29 Å². The maximum absolute atomic E-state index is 9.68. The molecule has 2 saturated heterocycles. The summed E-state index contributed by atoms with van der Waals surface area (Å²) in [6, 6.07) is 0. The summed E-state index contributed by atoms with van der Waals surface area (Å²) < 4.78 is 10.1. The molecule has 0 radical (unpaired) electrons. The van der Waals surface area contributed by atoms with Crippen LogP contribution in [0, 0.1) is 0 Å². The molecule has 3 N–H and O–H groups in total. The fourth-order valence-electron chi connectivity index (χ4n) is 1.59. The van der Waals surface area contributed by atoms with Crippen molar-refractivity contribution in [3.63, 3.8) is 0 Å². The van der Waals surface area contributed by atoms with Gasteiger partial charge in [-0.05, 0) is 6.92 Å². The number of aliphatic hydroxyl groups is 3. The Morgan fingerprint density at radius 3 is 2.75 bits per heavy atom. The molecule has 12 heavy (non-hydrogen) atoms. The van der Waals surface area contributed by atoms with Crippen LogP contribution in [0.3, 0.4) is 0 Å². The van der Waals surface area contributed by atoms with Gasteiger partial charge in [0.2, 0.25) is 0 Å². The van der Waals surface area contributed by atoms with E-state index in [4.69, 9.17) is 9.47 Å². The summed E-state index contributed by atoms with van der Waals surface area (Å²) >= 11 is 0. The van der Waals surface area contributed by atoms with E-state index in [0.29, 0.717) is 0 Å². The standard InChI is InChI=1S/C7H12O5/c1-7(10)3-2-11-6(12-3)4(8)5(7)9/h3-6,8-10H,2H2,1H3/t3-,4+,5-,6-,7+/m1/s1. The van der Waals surface area contributed by atoms with Gasteiger partial charge in [-0.15, -0.1) is 0 Å². The van der Waals surface area contributed by atoms with Gasteiger partial charge in [0.05, 0.1) is 6.61 Å². The lowest BCUT2D eigenvalue weighted by atomic mass is 9.87. The predicted molar refractivity (Wildman–Crippen MR) is 37.3 cm³/mol. The summed E-state index contributed by atoms with van der Waals surface area (Å²) in [5.74, 6) is 0. The van der Waals surface area contributed by atoms with E-state index in [9.17, 15) is 15.3 Å². The van der Waals surface area contributed by atoms with E-state index < -0.39 is 30.2 Å². The summed E-state index contributed by atoms with van der Waals surface area (Å²) in [7, 11) is 0. The molecule has 0 aromatic rings. The number of hydrogen-bond donors (Lipinski definition) is 3. The van der Waals surface area contributed by atoms with Gasteiger partial charge >= 0.3 is 0 Å². The minimum Gasteiger partial charge on any atom is -0.387 e. The van der Waals surface area contributed by atoms with Crippen molar-refractivity contribution in [2.75, 3.05) is 6.61 Å². The van der Waals surface area contributed by atoms with Crippen LogP contribution in [-0.4, -0.2) is 52.1 Å². The molecular formula is C7H12O5. The average Bonchev–Trinajstić information content (AvgIpc) is 2.46. The first-order chi connectivity index (χ1) is 5.53. The van der Waals surface area contributed by atoms with Crippen molar-refractivity contribution in [2.45, 2.75) is 37.1 Å². The molecule has 2 rings (SSSR count). The zero-order valence-electron chi connectivity index (χ0n) is 6.67. The van der Waals surface area contributed by atoms with E-state index >= 15 is 0 Å². The van der Waals surface area contributed by atoms with E-state index in [2.05, 4.69) is 0 Å². The monoisotopic (exact) mass is 176 g/mol. The summed E-state index contributed by atoms with van der Waals surface area (Å²) in [5.41, 5.74) is -1.42. The van der Waals surface area contributed by atoms with Crippen molar-refractivity contribution >= 4 is 0 Å². The third-order valence-electron chi connectivity index (χ3n) is 2.56. The third kappa shape index (κ3) is 0.915. The Bertz CT molecular complexity index is 192. The lowest BCUT2D eigenvalue weighted by Crippen LogP contribution is -2.61. The Hall–Kier alpha value is -0.200. The highest BCUT2D eigenvalue weighted by Crippen LogP contribution is 2.34. The van der Waals surface area contributed by atoms with Crippen LogP contribution < -0.4 is 0 Å². The van der Waals surface area contributed by atoms with E-state index in [1.54, 1.807) is 0 Å². The van der Waals surface area contributed by atoms with Crippen LogP contribution in [0.2, 0.25) is 0 Å². The summed E-state index contributed by atoms with van der Waals surface area (Å²) in [6.45, 7) is 1.64. The van der Waals surface area contributed by atoms with Gasteiger partial charge in [-0.25, -0.2) is 0 Å². The molecule has 0 aromatic heterocycles. The molecule has 5 atom stereocenters. The van der Waals surface area contributed by atoms with Gasteiger partial charge < -0.3 is 24.8 Å². The molecule has 5 nitrogen and oxygen atoms in total. The SMILES string of the molecule is C[C@@]1(O)[C@H](O)[C@H](O)[C@@H]2OC[C@H]1O2. The highest BCUT2D eigenvalue weighted by atomic mass is 16.7. The van der Waals surface area contributed by atoms with Gasteiger partial charge in [0.25, 0.3) is 0 Å². The van der Waals surface area contributed by atoms with Crippen molar-refractivity contribution in [2.24, 2.45) is 0 Å². The zero-order chi connectivity index (χ0) is 8.93. The first kappa shape index (κ1) is 8.40. The molecule has 0 aliphatic carbocycles. The molecule has 0 spiro atoms. The largest absolute Gasteiger partial charge is 0.387 e.